The zero-order valence-corrected chi connectivity index (χ0v) is 14.1. The van der Waals surface area contributed by atoms with Crippen LogP contribution in [0.25, 0.3) is 0 Å². The first-order valence-corrected chi connectivity index (χ1v) is 7.91. The number of hydrogen-bond donors (Lipinski definition) is 3. The fraction of sp³-hybridized carbons (Fsp3) is 0.438. The molecule has 1 saturated heterocycles. The molecule has 1 heterocycles. The fourth-order valence-electron chi connectivity index (χ4n) is 2.59. The van der Waals surface area contributed by atoms with Crippen molar-refractivity contribution in [1.82, 2.24) is 5.32 Å². The second kappa shape index (κ2) is 8.48. The zero-order valence-electron chi connectivity index (χ0n) is 14.1. The summed E-state index contributed by atoms with van der Waals surface area (Å²) in [6.07, 6.45) is -1.21. The van der Waals surface area contributed by atoms with Crippen molar-refractivity contribution in [3.63, 3.8) is 0 Å². The third-order valence-corrected chi connectivity index (χ3v) is 3.73. The Hall–Kier alpha value is -2.88. The van der Waals surface area contributed by atoms with Gasteiger partial charge in [0.15, 0.2) is 0 Å². The number of amides is 2. The van der Waals surface area contributed by atoms with E-state index in [1.54, 1.807) is 0 Å². The van der Waals surface area contributed by atoms with Crippen molar-refractivity contribution in [2.75, 3.05) is 42.6 Å². The molecule has 0 saturated carbocycles. The van der Waals surface area contributed by atoms with Crippen LogP contribution in [-0.2, 0) is 14.3 Å². The Morgan fingerprint density at radius 2 is 2.19 bits per heavy atom. The van der Waals surface area contributed by atoms with Gasteiger partial charge in [0.1, 0.15) is 18.5 Å². The molecule has 1 unspecified atom stereocenters. The molecule has 0 spiro atoms. The SMILES string of the molecule is CC(=O)NCC1CN(c2ccc(N(CCO)CC(=O)O)c(F)c2)C(=O)O1. The zero-order chi connectivity index (χ0) is 19.3. The molecule has 1 aromatic rings. The number of rotatable bonds is 8. The molecule has 1 aliphatic rings. The molecule has 2 amide bonds. The summed E-state index contributed by atoms with van der Waals surface area (Å²) < 4.78 is 19.6. The van der Waals surface area contributed by atoms with Crippen molar-refractivity contribution in [2.45, 2.75) is 13.0 Å². The van der Waals surface area contributed by atoms with E-state index in [4.69, 9.17) is 14.9 Å². The number of nitrogens with one attached hydrogen (secondary N) is 1. The van der Waals surface area contributed by atoms with Gasteiger partial charge in [0.25, 0.3) is 0 Å². The number of benzene rings is 1. The van der Waals surface area contributed by atoms with Gasteiger partial charge in [-0.25, -0.2) is 9.18 Å². The van der Waals surface area contributed by atoms with Gasteiger partial charge in [-0.05, 0) is 18.2 Å². The van der Waals surface area contributed by atoms with E-state index < -0.39 is 30.5 Å². The van der Waals surface area contributed by atoms with Crippen LogP contribution < -0.4 is 15.1 Å². The highest BCUT2D eigenvalue weighted by Crippen LogP contribution is 2.27. The average Bonchev–Trinajstić information content (AvgIpc) is 2.93. The maximum atomic E-state index is 14.5. The molecule has 10 heteroatoms. The van der Waals surface area contributed by atoms with Crippen LogP contribution in [0, 0.1) is 5.82 Å². The number of halogens is 1. The molecule has 0 radical (unpaired) electrons. The first kappa shape index (κ1) is 19.4. The number of carboxylic acid groups (broad SMARTS) is 1. The number of ether oxygens (including phenoxy) is 1. The lowest BCUT2D eigenvalue weighted by molar-refractivity contribution is -0.135. The Morgan fingerprint density at radius 3 is 2.77 bits per heavy atom. The Labute approximate surface area is 148 Å². The predicted molar refractivity (Wildman–Crippen MR) is 89.6 cm³/mol. The predicted octanol–water partition coefficient (Wildman–Crippen LogP) is 0.170. The number of aliphatic hydroxyl groups excluding tert-OH is 1. The molecule has 1 aliphatic heterocycles. The minimum Gasteiger partial charge on any atom is -0.480 e. The Kier molecular flexibility index (Phi) is 6.34. The van der Waals surface area contributed by atoms with Crippen LogP contribution in [0.3, 0.4) is 0 Å². The molecule has 2 rings (SSSR count). The smallest absolute Gasteiger partial charge is 0.414 e. The fourth-order valence-corrected chi connectivity index (χ4v) is 2.59. The number of aliphatic carboxylic acids is 1. The van der Waals surface area contributed by atoms with Gasteiger partial charge >= 0.3 is 12.1 Å². The van der Waals surface area contributed by atoms with Gasteiger partial charge in [0, 0.05) is 13.5 Å². The Morgan fingerprint density at radius 1 is 1.46 bits per heavy atom. The largest absolute Gasteiger partial charge is 0.480 e. The van der Waals surface area contributed by atoms with Crippen molar-refractivity contribution in [2.24, 2.45) is 0 Å². The molecule has 0 aromatic heterocycles. The molecular formula is C16H20FN3O6. The van der Waals surface area contributed by atoms with E-state index in [1.165, 1.54) is 28.9 Å². The van der Waals surface area contributed by atoms with Crippen LogP contribution in [0.15, 0.2) is 18.2 Å². The minimum atomic E-state index is -1.16. The highest BCUT2D eigenvalue weighted by atomic mass is 19.1. The molecule has 26 heavy (non-hydrogen) atoms. The van der Waals surface area contributed by atoms with Crippen LogP contribution in [0.5, 0.6) is 0 Å². The van der Waals surface area contributed by atoms with Crippen molar-refractivity contribution in [3.8, 4) is 0 Å². The van der Waals surface area contributed by atoms with Gasteiger partial charge < -0.3 is 25.2 Å². The van der Waals surface area contributed by atoms with E-state index in [1.807, 2.05) is 0 Å². The summed E-state index contributed by atoms with van der Waals surface area (Å²) in [6, 6.07) is 3.91. The van der Waals surface area contributed by atoms with E-state index in [2.05, 4.69) is 5.32 Å². The summed E-state index contributed by atoms with van der Waals surface area (Å²) in [6.45, 7) is 0.790. The summed E-state index contributed by atoms with van der Waals surface area (Å²) in [4.78, 5) is 36.2. The van der Waals surface area contributed by atoms with E-state index >= 15 is 0 Å². The normalized spacial score (nSPS) is 16.3. The number of cyclic esters (lactones) is 1. The van der Waals surface area contributed by atoms with E-state index in [9.17, 15) is 18.8 Å². The first-order valence-electron chi connectivity index (χ1n) is 7.91. The summed E-state index contributed by atoms with van der Waals surface area (Å²) in [5, 5.41) is 20.5. The summed E-state index contributed by atoms with van der Waals surface area (Å²) in [7, 11) is 0. The number of hydrogen-bond acceptors (Lipinski definition) is 6. The summed E-state index contributed by atoms with van der Waals surface area (Å²) >= 11 is 0. The Bertz CT molecular complexity index is 699. The van der Waals surface area contributed by atoms with Gasteiger partial charge in [-0.3, -0.25) is 14.5 Å². The third kappa shape index (κ3) is 4.82. The van der Waals surface area contributed by atoms with E-state index in [0.717, 1.165) is 6.07 Å². The van der Waals surface area contributed by atoms with Crippen LogP contribution in [0.1, 0.15) is 6.92 Å². The van der Waals surface area contributed by atoms with E-state index in [0.29, 0.717) is 0 Å². The molecule has 1 fully saturated rings. The molecule has 0 aliphatic carbocycles. The lowest BCUT2D eigenvalue weighted by Gasteiger charge is -2.23. The molecule has 1 aromatic carbocycles. The van der Waals surface area contributed by atoms with E-state index in [-0.39, 0.29) is 43.5 Å². The van der Waals surface area contributed by atoms with Gasteiger partial charge in [-0.2, -0.15) is 0 Å². The van der Waals surface area contributed by atoms with Gasteiger partial charge in [-0.15, -0.1) is 0 Å². The number of carboxylic acids is 1. The third-order valence-electron chi connectivity index (χ3n) is 3.73. The van der Waals surface area contributed by atoms with Crippen LogP contribution in [0.2, 0.25) is 0 Å². The quantitative estimate of drug-likeness (QED) is 0.597. The second-order valence-corrected chi connectivity index (χ2v) is 5.73. The lowest BCUT2D eigenvalue weighted by atomic mass is 10.2. The first-order chi connectivity index (χ1) is 12.3. The summed E-state index contributed by atoms with van der Waals surface area (Å²) in [5.74, 6) is -2.14. The van der Waals surface area contributed by atoms with Crippen molar-refractivity contribution >= 4 is 29.3 Å². The molecule has 0 bridgehead atoms. The molecule has 142 valence electrons. The molecular weight excluding hydrogens is 349 g/mol. The van der Waals surface area contributed by atoms with Crippen molar-refractivity contribution in [1.29, 1.82) is 0 Å². The van der Waals surface area contributed by atoms with Crippen LogP contribution >= 0.6 is 0 Å². The second-order valence-electron chi connectivity index (χ2n) is 5.73. The number of aliphatic hydroxyl groups is 1. The van der Waals surface area contributed by atoms with Crippen LogP contribution in [-0.4, -0.2) is 67.1 Å². The maximum absolute atomic E-state index is 14.5. The monoisotopic (exact) mass is 369 g/mol. The summed E-state index contributed by atoms with van der Waals surface area (Å²) in [5.41, 5.74) is 0.258. The highest BCUT2D eigenvalue weighted by molar-refractivity contribution is 5.90. The Balaban J connectivity index is 2.14. The molecule has 3 N–H and O–H groups in total. The molecule has 1 atom stereocenters. The van der Waals surface area contributed by atoms with Gasteiger partial charge in [0.2, 0.25) is 5.91 Å². The standard InChI is InChI=1S/C16H20FN3O6/c1-10(22)18-7-12-8-20(16(25)26-12)11-2-3-14(13(17)6-11)19(4-5-21)9-15(23)24/h2-3,6,12,21H,4-5,7-9H2,1H3,(H,18,22)(H,23,24). The number of carbonyl (C=O) groups is 3. The molecule has 9 nitrogen and oxygen atoms in total. The average molecular weight is 369 g/mol. The van der Waals surface area contributed by atoms with Crippen molar-refractivity contribution < 1.29 is 33.7 Å². The highest BCUT2D eigenvalue weighted by Gasteiger charge is 2.33. The van der Waals surface area contributed by atoms with Gasteiger partial charge in [0.05, 0.1) is 31.1 Å². The minimum absolute atomic E-state index is 0.00700. The van der Waals surface area contributed by atoms with Gasteiger partial charge in [-0.1, -0.05) is 0 Å². The number of carbonyl (C=O) groups excluding carboxylic acids is 2. The topological polar surface area (TPSA) is 119 Å². The van der Waals surface area contributed by atoms with Crippen molar-refractivity contribution in [3.05, 3.63) is 24.0 Å². The van der Waals surface area contributed by atoms with Crippen LogP contribution in [0.4, 0.5) is 20.6 Å². The maximum Gasteiger partial charge on any atom is 0.414 e. The number of nitrogens with zero attached hydrogens (tertiary/aromatic N) is 2. The number of anilines is 2. The lowest BCUT2D eigenvalue weighted by Crippen LogP contribution is -2.34.